The molecule has 1 amide bonds. The number of alkyl halides is 2. The van der Waals surface area contributed by atoms with E-state index in [9.17, 15) is 23.1 Å². The van der Waals surface area contributed by atoms with Gasteiger partial charge in [0.1, 0.15) is 18.1 Å². The Morgan fingerprint density at radius 1 is 1.19 bits per heavy atom. The summed E-state index contributed by atoms with van der Waals surface area (Å²) in [6.07, 6.45) is -2.63. The molecule has 0 saturated heterocycles. The van der Waals surface area contributed by atoms with Gasteiger partial charge in [0.2, 0.25) is 0 Å². The number of hydrogen-bond acceptors (Lipinski definition) is 6. The van der Waals surface area contributed by atoms with Crippen LogP contribution in [0.15, 0.2) is 54.7 Å². The molecule has 3 N–H and O–H groups in total. The Balaban J connectivity index is 1.54. The number of fused-ring (bicyclic) bond motifs is 4. The van der Waals surface area contributed by atoms with Crippen molar-refractivity contribution >= 4 is 55.7 Å². The fourth-order valence-corrected chi connectivity index (χ4v) is 5.77. The van der Waals surface area contributed by atoms with Crippen LogP contribution in [0, 0.1) is 5.82 Å². The molecule has 0 fully saturated rings. The summed E-state index contributed by atoms with van der Waals surface area (Å²) >= 11 is 7.60. The van der Waals surface area contributed by atoms with Crippen molar-refractivity contribution in [2.75, 3.05) is 5.32 Å². The summed E-state index contributed by atoms with van der Waals surface area (Å²) in [6.45, 7) is -0.679. The molecule has 7 nitrogen and oxygen atoms in total. The number of amides is 1. The van der Waals surface area contributed by atoms with Gasteiger partial charge in [0.15, 0.2) is 6.23 Å². The molecule has 0 radical (unpaired) electrons. The summed E-state index contributed by atoms with van der Waals surface area (Å²) in [5.74, 6) is -1.05. The normalized spacial score (nSPS) is 15.9. The van der Waals surface area contributed by atoms with Crippen LogP contribution in [-0.4, -0.2) is 31.6 Å². The van der Waals surface area contributed by atoms with Gasteiger partial charge in [-0.3, -0.25) is 9.48 Å². The SMILES string of the molecule is O=C1N[C@H](c2cc(F)ccc2Cl)c2c(NC(O)c3nsc4ccccc34)cc3c(cnn3CC(F)F)c21. The van der Waals surface area contributed by atoms with Crippen LogP contribution >= 0.6 is 23.1 Å². The van der Waals surface area contributed by atoms with Gasteiger partial charge in [-0.15, -0.1) is 0 Å². The van der Waals surface area contributed by atoms with Gasteiger partial charge in [0, 0.05) is 32.6 Å². The summed E-state index contributed by atoms with van der Waals surface area (Å²) in [5.41, 5.74) is 1.80. The van der Waals surface area contributed by atoms with E-state index >= 15 is 0 Å². The molecule has 3 heterocycles. The summed E-state index contributed by atoms with van der Waals surface area (Å²) < 4.78 is 47.0. The van der Waals surface area contributed by atoms with Crippen molar-refractivity contribution in [3.05, 3.63) is 88.0 Å². The summed E-state index contributed by atoms with van der Waals surface area (Å²) in [4.78, 5) is 13.2. The number of carbonyl (C=O) groups is 1. The van der Waals surface area contributed by atoms with Gasteiger partial charge in [-0.2, -0.15) is 9.47 Å². The summed E-state index contributed by atoms with van der Waals surface area (Å²) in [7, 11) is 0. The summed E-state index contributed by atoms with van der Waals surface area (Å²) in [5, 5.41) is 22.3. The average molecular weight is 544 g/mol. The zero-order valence-electron chi connectivity index (χ0n) is 18.8. The smallest absolute Gasteiger partial charge is 0.257 e. The monoisotopic (exact) mass is 543 g/mol. The quantitative estimate of drug-likeness (QED) is 0.241. The van der Waals surface area contributed by atoms with E-state index in [0.717, 1.165) is 14.8 Å². The summed E-state index contributed by atoms with van der Waals surface area (Å²) in [6, 6.07) is 11.9. The van der Waals surface area contributed by atoms with E-state index < -0.39 is 37.0 Å². The molecule has 12 heteroatoms. The predicted octanol–water partition coefficient (Wildman–Crippen LogP) is 5.64. The highest BCUT2D eigenvalue weighted by Gasteiger charge is 2.37. The largest absolute Gasteiger partial charge is 0.368 e. The van der Waals surface area contributed by atoms with E-state index in [1.54, 1.807) is 6.07 Å². The number of halogens is 4. The molecule has 1 aliphatic heterocycles. The zero-order chi connectivity index (χ0) is 25.8. The highest BCUT2D eigenvalue weighted by Crippen LogP contribution is 2.43. The number of rotatable bonds is 6. The maximum atomic E-state index is 14.2. The fraction of sp³-hybridized carbons (Fsp3) is 0.160. The van der Waals surface area contributed by atoms with Crippen molar-refractivity contribution in [3.8, 4) is 0 Å². The van der Waals surface area contributed by atoms with E-state index in [-0.39, 0.29) is 21.8 Å². The molecule has 37 heavy (non-hydrogen) atoms. The van der Waals surface area contributed by atoms with Crippen LogP contribution in [0.25, 0.3) is 21.0 Å². The van der Waals surface area contributed by atoms with Crippen molar-refractivity contribution in [2.24, 2.45) is 0 Å². The lowest BCUT2D eigenvalue weighted by Gasteiger charge is -2.21. The third-order valence-electron chi connectivity index (χ3n) is 6.32. The van der Waals surface area contributed by atoms with Crippen molar-refractivity contribution in [1.29, 1.82) is 0 Å². The lowest BCUT2D eigenvalue weighted by atomic mass is 9.94. The van der Waals surface area contributed by atoms with E-state index in [0.29, 0.717) is 22.2 Å². The molecule has 1 aliphatic rings. The molecule has 5 aromatic rings. The van der Waals surface area contributed by atoms with Crippen LogP contribution in [0.5, 0.6) is 0 Å². The minimum atomic E-state index is -2.67. The van der Waals surface area contributed by atoms with Crippen molar-refractivity contribution in [3.63, 3.8) is 0 Å². The molecule has 0 saturated carbocycles. The third-order valence-corrected chi connectivity index (χ3v) is 7.50. The van der Waals surface area contributed by atoms with Gasteiger partial charge in [-0.1, -0.05) is 29.8 Å². The molecule has 2 atom stereocenters. The Bertz CT molecular complexity index is 1690. The van der Waals surface area contributed by atoms with Crippen LogP contribution in [0.2, 0.25) is 5.02 Å². The molecular weight excluding hydrogens is 527 g/mol. The first kappa shape index (κ1) is 23.7. The Hall–Kier alpha value is -3.67. The lowest BCUT2D eigenvalue weighted by molar-refractivity contribution is 0.0961. The molecular formula is C25H17ClF3N5O2S. The first-order valence-corrected chi connectivity index (χ1v) is 12.3. The number of anilines is 1. The van der Waals surface area contributed by atoms with Crippen molar-refractivity contribution < 1.29 is 23.1 Å². The van der Waals surface area contributed by atoms with Gasteiger partial charge in [-0.05, 0) is 41.9 Å². The maximum absolute atomic E-state index is 14.2. The van der Waals surface area contributed by atoms with Gasteiger partial charge >= 0.3 is 0 Å². The van der Waals surface area contributed by atoms with E-state index in [1.807, 2.05) is 24.3 Å². The van der Waals surface area contributed by atoms with Gasteiger partial charge in [0.05, 0.1) is 28.0 Å². The molecule has 0 aliphatic carbocycles. The number of aromatic nitrogens is 3. The van der Waals surface area contributed by atoms with Crippen LogP contribution in [-0.2, 0) is 6.54 Å². The third kappa shape index (κ3) is 3.99. The Morgan fingerprint density at radius 2 is 2.00 bits per heavy atom. The molecule has 0 bridgehead atoms. The molecule has 1 unspecified atom stereocenters. The number of nitrogens with one attached hydrogen (secondary N) is 2. The van der Waals surface area contributed by atoms with Crippen molar-refractivity contribution in [2.45, 2.75) is 25.2 Å². The molecule has 0 spiro atoms. The highest BCUT2D eigenvalue weighted by atomic mass is 35.5. The number of carbonyl (C=O) groups excluding carboxylic acids is 1. The average Bonchev–Trinajstić information content (AvgIpc) is 3.56. The maximum Gasteiger partial charge on any atom is 0.257 e. The van der Waals surface area contributed by atoms with E-state index in [2.05, 4.69) is 20.1 Å². The van der Waals surface area contributed by atoms with Crippen LogP contribution < -0.4 is 10.6 Å². The standard InChI is InChI=1S/C25H17ClF3N5O2S/c26-15-6-5-11(27)7-13(15)22-21-16(31-25(36)23-12-3-1-2-4-18(12)37-33-23)8-17-14(20(21)24(35)32-22)9-30-34(17)10-19(28)29/h1-9,19,22,25,31,36H,10H2,(H,32,35)/t22-,25?/m1/s1. The minimum Gasteiger partial charge on any atom is -0.368 e. The minimum absolute atomic E-state index is 0.182. The van der Waals surface area contributed by atoms with Gasteiger partial charge in [-0.25, -0.2) is 13.2 Å². The Kier molecular flexibility index (Phi) is 5.78. The fourth-order valence-electron chi connectivity index (χ4n) is 4.74. The second-order valence-electron chi connectivity index (χ2n) is 8.55. The predicted molar refractivity (Wildman–Crippen MR) is 135 cm³/mol. The van der Waals surface area contributed by atoms with Crippen LogP contribution in [0.1, 0.15) is 39.4 Å². The van der Waals surface area contributed by atoms with E-state index in [4.69, 9.17) is 11.6 Å². The molecule has 3 aromatic carbocycles. The second-order valence-corrected chi connectivity index (χ2v) is 9.76. The highest BCUT2D eigenvalue weighted by molar-refractivity contribution is 7.13. The second kappa shape index (κ2) is 9.02. The first-order valence-electron chi connectivity index (χ1n) is 11.2. The number of hydrogen-bond donors (Lipinski definition) is 3. The van der Waals surface area contributed by atoms with Gasteiger partial charge < -0.3 is 15.7 Å². The van der Waals surface area contributed by atoms with Crippen molar-refractivity contribution in [1.82, 2.24) is 19.5 Å². The molecule has 2 aromatic heterocycles. The zero-order valence-corrected chi connectivity index (χ0v) is 20.3. The van der Waals surface area contributed by atoms with Crippen LogP contribution in [0.4, 0.5) is 18.9 Å². The number of nitrogens with zero attached hydrogens (tertiary/aromatic N) is 3. The molecule has 6 rings (SSSR count). The number of benzene rings is 3. The van der Waals surface area contributed by atoms with Crippen LogP contribution in [0.3, 0.4) is 0 Å². The Labute approximate surface area is 216 Å². The molecule has 188 valence electrons. The Morgan fingerprint density at radius 3 is 2.81 bits per heavy atom. The first-order chi connectivity index (χ1) is 17.8. The van der Waals surface area contributed by atoms with Gasteiger partial charge in [0.25, 0.3) is 12.3 Å². The topological polar surface area (TPSA) is 92.1 Å². The lowest BCUT2D eigenvalue weighted by Crippen LogP contribution is -2.21. The van der Waals surface area contributed by atoms with E-state index in [1.165, 1.54) is 35.9 Å². The number of aliphatic hydroxyl groups excluding tert-OH is 1. The number of aliphatic hydroxyl groups is 1.